The van der Waals surface area contributed by atoms with Crippen LogP contribution in [0.2, 0.25) is 0 Å². The molecule has 2 rings (SSSR count). The van der Waals surface area contributed by atoms with Crippen LogP contribution in [0, 0.1) is 17.1 Å². The predicted octanol–water partition coefficient (Wildman–Crippen LogP) is 1.74. The van der Waals surface area contributed by atoms with Crippen LogP contribution >= 0.6 is 0 Å². The molecule has 5 heteroatoms. The van der Waals surface area contributed by atoms with Crippen LogP contribution in [0.5, 0.6) is 0 Å². The van der Waals surface area contributed by atoms with E-state index in [4.69, 9.17) is 11.0 Å². The van der Waals surface area contributed by atoms with E-state index in [9.17, 15) is 4.39 Å². The van der Waals surface area contributed by atoms with Crippen molar-refractivity contribution in [1.29, 1.82) is 5.26 Å². The number of rotatable bonds is 1. The van der Waals surface area contributed by atoms with E-state index in [1.54, 1.807) is 12.1 Å². The van der Waals surface area contributed by atoms with Gasteiger partial charge in [0.25, 0.3) is 0 Å². The van der Waals surface area contributed by atoms with Gasteiger partial charge in [-0.15, -0.1) is 0 Å². The third-order valence-electron chi connectivity index (χ3n) is 2.05. The smallest absolute Gasteiger partial charge is 0.142 e. The summed E-state index contributed by atoms with van der Waals surface area (Å²) >= 11 is 0. The monoisotopic (exact) mass is 214 g/mol. The van der Waals surface area contributed by atoms with Gasteiger partial charge in [0.05, 0.1) is 17.5 Å². The van der Waals surface area contributed by atoms with Crippen LogP contribution < -0.4 is 5.73 Å². The van der Waals surface area contributed by atoms with Crippen molar-refractivity contribution in [2.45, 2.75) is 0 Å². The minimum atomic E-state index is -0.442. The summed E-state index contributed by atoms with van der Waals surface area (Å²) in [4.78, 5) is 7.72. The first-order chi connectivity index (χ1) is 7.70. The van der Waals surface area contributed by atoms with Crippen LogP contribution in [0.3, 0.4) is 0 Å². The van der Waals surface area contributed by atoms with Crippen molar-refractivity contribution >= 4 is 5.82 Å². The third kappa shape index (κ3) is 1.81. The highest BCUT2D eigenvalue weighted by molar-refractivity contribution is 5.62. The van der Waals surface area contributed by atoms with Crippen LogP contribution in [0.1, 0.15) is 5.56 Å². The molecule has 0 saturated carbocycles. The maximum atomic E-state index is 12.9. The number of halogens is 1. The van der Waals surface area contributed by atoms with E-state index in [-0.39, 0.29) is 5.82 Å². The summed E-state index contributed by atoms with van der Waals surface area (Å²) in [5, 5.41) is 8.68. The van der Waals surface area contributed by atoms with Gasteiger partial charge in [0.1, 0.15) is 17.7 Å². The van der Waals surface area contributed by atoms with Gasteiger partial charge < -0.3 is 5.73 Å². The predicted molar refractivity (Wildman–Crippen MR) is 56.6 cm³/mol. The SMILES string of the molecule is N#Cc1ccc(-c2cncc(F)c2)nc1N. The van der Waals surface area contributed by atoms with Crippen LogP contribution in [0.25, 0.3) is 11.3 Å². The molecule has 0 aliphatic rings. The van der Waals surface area contributed by atoms with E-state index >= 15 is 0 Å². The first-order valence-electron chi connectivity index (χ1n) is 4.48. The van der Waals surface area contributed by atoms with Crippen molar-refractivity contribution in [3.63, 3.8) is 0 Å². The molecule has 78 valence electrons. The second-order valence-electron chi connectivity index (χ2n) is 3.13. The van der Waals surface area contributed by atoms with Crippen molar-refractivity contribution in [1.82, 2.24) is 9.97 Å². The number of hydrogen-bond donors (Lipinski definition) is 1. The van der Waals surface area contributed by atoms with Crippen molar-refractivity contribution in [3.05, 3.63) is 42.0 Å². The molecule has 0 aliphatic heterocycles. The minimum Gasteiger partial charge on any atom is -0.383 e. The number of pyridine rings is 2. The summed E-state index contributed by atoms with van der Waals surface area (Å²) in [5.74, 6) is -0.313. The molecule has 0 spiro atoms. The number of nitrogens with two attached hydrogens (primary N) is 1. The van der Waals surface area contributed by atoms with Gasteiger partial charge in [-0.3, -0.25) is 4.98 Å². The van der Waals surface area contributed by atoms with Gasteiger partial charge in [-0.2, -0.15) is 5.26 Å². The zero-order valence-corrected chi connectivity index (χ0v) is 8.18. The lowest BCUT2D eigenvalue weighted by Gasteiger charge is -2.02. The summed E-state index contributed by atoms with van der Waals surface area (Å²) in [6.45, 7) is 0. The standard InChI is InChI=1S/C11H7FN4/c12-9-3-8(5-15-6-9)10-2-1-7(4-13)11(14)16-10/h1-3,5-6H,(H2,14,16). The molecule has 0 fully saturated rings. The van der Waals surface area contributed by atoms with E-state index in [0.717, 1.165) is 6.20 Å². The normalized spacial score (nSPS) is 9.75. The van der Waals surface area contributed by atoms with Gasteiger partial charge in [0.2, 0.25) is 0 Å². The quantitative estimate of drug-likeness (QED) is 0.784. The van der Waals surface area contributed by atoms with Gasteiger partial charge in [0, 0.05) is 11.8 Å². The first-order valence-corrected chi connectivity index (χ1v) is 4.48. The summed E-state index contributed by atoms with van der Waals surface area (Å²) in [6.07, 6.45) is 2.59. The van der Waals surface area contributed by atoms with Gasteiger partial charge in [-0.05, 0) is 18.2 Å². The number of aromatic nitrogens is 2. The molecule has 0 unspecified atom stereocenters. The second-order valence-corrected chi connectivity index (χ2v) is 3.13. The van der Waals surface area contributed by atoms with E-state index in [1.165, 1.54) is 12.3 Å². The Morgan fingerprint density at radius 1 is 1.31 bits per heavy atom. The lowest BCUT2D eigenvalue weighted by atomic mass is 10.1. The molecule has 16 heavy (non-hydrogen) atoms. The Balaban J connectivity index is 2.50. The van der Waals surface area contributed by atoms with Gasteiger partial charge >= 0.3 is 0 Å². The highest BCUT2D eigenvalue weighted by atomic mass is 19.1. The largest absolute Gasteiger partial charge is 0.383 e. The Hall–Kier alpha value is -2.48. The summed E-state index contributed by atoms with van der Waals surface area (Å²) in [7, 11) is 0. The molecule has 0 bridgehead atoms. The Morgan fingerprint density at radius 3 is 2.75 bits per heavy atom. The Labute approximate surface area is 91.2 Å². The number of hydrogen-bond acceptors (Lipinski definition) is 4. The number of nitrogens with zero attached hydrogens (tertiary/aromatic N) is 3. The molecular formula is C11H7FN4. The molecule has 0 aromatic carbocycles. The maximum absolute atomic E-state index is 12.9. The van der Waals surface area contributed by atoms with Gasteiger partial charge in [0.15, 0.2) is 0 Å². The van der Waals surface area contributed by atoms with Crippen molar-refractivity contribution in [2.24, 2.45) is 0 Å². The van der Waals surface area contributed by atoms with E-state index in [1.807, 2.05) is 6.07 Å². The first kappa shape index (κ1) is 10.1. The summed E-state index contributed by atoms with van der Waals surface area (Å²) in [6, 6.07) is 6.36. The molecule has 4 nitrogen and oxygen atoms in total. The summed E-state index contributed by atoms with van der Waals surface area (Å²) in [5.41, 5.74) is 6.87. The van der Waals surface area contributed by atoms with Gasteiger partial charge in [-0.1, -0.05) is 0 Å². The van der Waals surface area contributed by atoms with Crippen LogP contribution in [-0.4, -0.2) is 9.97 Å². The molecule has 0 atom stereocenters. The molecule has 2 heterocycles. The lowest BCUT2D eigenvalue weighted by Crippen LogP contribution is -1.96. The van der Waals surface area contributed by atoms with Crippen molar-refractivity contribution in [3.8, 4) is 17.3 Å². The molecule has 0 radical (unpaired) electrons. The molecule has 2 aromatic heterocycles. The molecule has 0 saturated heterocycles. The average Bonchev–Trinajstić information content (AvgIpc) is 2.29. The number of anilines is 1. The minimum absolute atomic E-state index is 0.129. The fourth-order valence-corrected chi connectivity index (χ4v) is 1.28. The average molecular weight is 214 g/mol. The summed E-state index contributed by atoms with van der Waals surface area (Å²) < 4.78 is 12.9. The van der Waals surface area contributed by atoms with Crippen molar-refractivity contribution < 1.29 is 4.39 Å². The maximum Gasteiger partial charge on any atom is 0.142 e. The lowest BCUT2D eigenvalue weighted by molar-refractivity contribution is 0.622. The van der Waals surface area contributed by atoms with E-state index < -0.39 is 5.82 Å². The number of nitriles is 1. The van der Waals surface area contributed by atoms with Crippen LogP contribution in [-0.2, 0) is 0 Å². The second kappa shape index (κ2) is 3.95. The Bertz CT molecular complexity index is 574. The molecule has 2 aromatic rings. The zero-order valence-electron chi connectivity index (χ0n) is 8.18. The van der Waals surface area contributed by atoms with Crippen molar-refractivity contribution in [2.75, 3.05) is 5.73 Å². The zero-order chi connectivity index (χ0) is 11.5. The molecule has 2 N–H and O–H groups in total. The fourth-order valence-electron chi connectivity index (χ4n) is 1.28. The Kier molecular flexibility index (Phi) is 2.48. The van der Waals surface area contributed by atoms with Crippen LogP contribution in [0.4, 0.5) is 10.2 Å². The highest BCUT2D eigenvalue weighted by Gasteiger charge is 2.05. The van der Waals surface area contributed by atoms with Crippen LogP contribution in [0.15, 0.2) is 30.6 Å². The Morgan fingerprint density at radius 2 is 2.12 bits per heavy atom. The topological polar surface area (TPSA) is 75.6 Å². The number of nitrogen functional groups attached to an aromatic ring is 1. The highest BCUT2D eigenvalue weighted by Crippen LogP contribution is 2.19. The molecule has 0 aliphatic carbocycles. The third-order valence-corrected chi connectivity index (χ3v) is 2.05. The fraction of sp³-hybridized carbons (Fsp3) is 0. The molecular weight excluding hydrogens is 207 g/mol. The molecule has 0 amide bonds. The van der Waals surface area contributed by atoms with E-state index in [0.29, 0.717) is 16.8 Å². The van der Waals surface area contributed by atoms with Gasteiger partial charge in [-0.25, -0.2) is 9.37 Å². The van der Waals surface area contributed by atoms with E-state index in [2.05, 4.69) is 9.97 Å².